The van der Waals surface area contributed by atoms with E-state index in [-0.39, 0.29) is 23.5 Å². The number of aryl methyl sites for hydroxylation is 1. The summed E-state index contributed by atoms with van der Waals surface area (Å²) in [5, 5.41) is 0. The number of hydrogen-bond donors (Lipinski definition) is 0. The van der Waals surface area contributed by atoms with Crippen molar-refractivity contribution >= 4 is 17.5 Å². The smallest absolute Gasteiger partial charge is 0.295 e. The van der Waals surface area contributed by atoms with Crippen LogP contribution in [0.1, 0.15) is 36.6 Å². The lowest BCUT2D eigenvalue weighted by Gasteiger charge is -2.36. The Morgan fingerprint density at radius 1 is 1.06 bits per heavy atom. The number of amides is 1. The van der Waals surface area contributed by atoms with Gasteiger partial charge in [0.15, 0.2) is 23.0 Å². The summed E-state index contributed by atoms with van der Waals surface area (Å²) in [7, 11) is 4.49. The van der Waals surface area contributed by atoms with E-state index in [9.17, 15) is 14.0 Å². The Balaban J connectivity index is 1.71. The van der Waals surface area contributed by atoms with Gasteiger partial charge in [0.1, 0.15) is 18.1 Å². The highest BCUT2D eigenvalue weighted by Gasteiger charge is 2.54. The highest BCUT2D eigenvalue weighted by atomic mass is 19.1. The molecule has 0 N–H and O–H groups in total. The van der Waals surface area contributed by atoms with Crippen LogP contribution in [-0.4, -0.2) is 50.3 Å². The van der Waals surface area contributed by atoms with Crippen molar-refractivity contribution in [3.63, 3.8) is 0 Å². The number of carbonyl (C=O) groups excluding carboxylic acids is 2. The molecule has 1 amide bonds. The molecule has 184 valence electrons. The molecular weight excluding hydrogens is 455 g/mol. The number of ether oxygens (including phenoxy) is 4. The van der Waals surface area contributed by atoms with Crippen LogP contribution in [0.4, 0.5) is 10.2 Å². The summed E-state index contributed by atoms with van der Waals surface area (Å²) in [6.07, 6.45) is -0.802. The van der Waals surface area contributed by atoms with Gasteiger partial charge in [-0.3, -0.25) is 14.5 Å². The molecule has 0 radical (unpaired) electrons. The number of alkyl halides is 1. The number of methoxy groups -OCH3 is 3. The van der Waals surface area contributed by atoms with Gasteiger partial charge in [-0.2, -0.15) is 0 Å². The summed E-state index contributed by atoms with van der Waals surface area (Å²) in [5.41, 5.74) is 1.48. The largest absolute Gasteiger partial charge is 0.493 e. The second-order valence-electron chi connectivity index (χ2n) is 8.95. The van der Waals surface area contributed by atoms with Crippen molar-refractivity contribution < 1.29 is 32.9 Å². The number of Topliss-reactive ketones (excluding diaryl/α,β-unsaturated/α-hetero) is 1. The van der Waals surface area contributed by atoms with Crippen LogP contribution in [0, 0.1) is 12.8 Å². The van der Waals surface area contributed by atoms with E-state index in [1.165, 1.54) is 26.2 Å². The quantitative estimate of drug-likeness (QED) is 0.640. The number of pyridine rings is 1. The Morgan fingerprint density at radius 3 is 2.40 bits per heavy atom. The van der Waals surface area contributed by atoms with Gasteiger partial charge in [0.05, 0.1) is 38.9 Å². The molecule has 1 aliphatic carbocycles. The maximum Gasteiger partial charge on any atom is 0.295 e. The number of ketones is 1. The zero-order valence-corrected chi connectivity index (χ0v) is 20.0. The van der Waals surface area contributed by atoms with E-state index in [0.29, 0.717) is 47.2 Å². The molecule has 35 heavy (non-hydrogen) atoms. The van der Waals surface area contributed by atoms with Crippen LogP contribution in [0.5, 0.6) is 17.2 Å². The van der Waals surface area contributed by atoms with Gasteiger partial charge in [-0.25, -0.2) is 9.37 Å². The number of anilines is 1. The molecule has 2 aromatic rings. The van der Waals surface area contributed by atoms with Crippen molar-refractivity contribution in [3.8, 4) is 17.2 Å². The van der Waals surface area contributed by atoms with E-state index < -0.39 is 30.1 Å². The van der Waals surface area contributed by atoms with Crippen LogP contribution < -0.4 is 19.1 Å². The fourth-order valence-electron chi connectivity index (χ4n) is 5.29. The minimum atomic E-state index is -1.07. The third kappa shape index (κ3) is 3.69. The molecule has 2 aliphatic heterocycles. The Hall–Kier alpha value is -3.62. The third-order valence-electron chi connectivity index (χ3n) is 6.91. The second kappa shape index (κ2) is 8.87. The Labute approximate surface area is 202 Å². The highest BCUT2D eigenvalue weighted by molar-refractivity contribution is 6.17. The lowest BCUT2D eigenvalue weighted by Crippen LogP contribution is -2.42. The normalized spacial score (nSPS) is 25.7. The zero-order valence-electron chi connectivity index (χ0n) is 20.0. The molecule has 1 fully saturated rings. The standard InChI is InChI=1S/C26H27FN2O6/c1-13-6-5-7-20(28-13)29-22(14-10-18(32-2)24(34-4)19(11-14)33-3)21-23(30)16-12-15(27)8-9-17(16)35-25(21)26(29)31/h5-7,10-11,15-17,22H,8-9,12H2,1-4H3. The van der Waals surface area contributed by atoms with Crippen LogP contribution in [-0.2, 0) is 14.3 Å². The van der Waals surface area contributed by atoms with E-state index in [1.807, 2.05) is 13.0 Å². The Kier molecular flexibility index (Phi) is 5.86. The summed E-state index contributed by atoms with van der Waals surface area (Å²) in [6, 6.07) is 7.89. The van der Waals surface area contributed by atoms with Crippen molar-refractivity contribution in [2.75, 3.05) is 26.2 Å². The maximum atomic E-state index is 14.3. The van der Waals surface area contributed by atoms with Gasteiger partial charge in [-0.05, 0) is 56.0 Å². The zero-order chi connectivity index (χ0) is 24.9. The predicted molar refractivity (Wildman–Crippen MR) is 124 cm³/mol. The van der Waals surface area contributed by atoms with E-state index >= 15 is 0 Å². The predicted octanol–water partition coefficient (Wildman–Crippen LogP) is 3.86. The summed E-state index contributed by atoms with van der Waals surface area (Å²) in [4.78, 5) is 33.6. The lowest BCUT2D eigenvalue weighted by molar-refractivity contribution is -0.133. The molecule has 0 bridgehead atoms. The first-order valence-corrected chi connectivity index (χ1v) is 11.5. The van der Waals surface area contributed by atoms with Crippen LogP contribution in [0.15, 0.2) is 41.7 Å². The summed E-state index contributed by atoms with van der Waals surface area (Å²) < 4.78 is 36.9. The molecule has 8 nitrogen and oxygen atoms in total. The van der Waals surface area contributed by atoms with Gasteiger partial charge in [0.25, 0.3) is 5.91 Å². The summed E-state index contributed by atoms with van der Waals surface area (Å²) in [6.45, 7) is 1.82. The minimum absolute atomic E-state index is 0.00983. The van der Waals surface area contributed by atoms with Crippen LogP contribution >= 0.6 is 0 Å². The summed E-state index contributed by atoms with van der Waals surface area (Å²) >= 11 is 0. The van der Waals surface area contributed by atoms with Gasteiger partial charge >= 0.3 is 0 Å². The monoisotopic (exact) mass is 482 g/mol. The van der Waals surface area contributed by atoms with Crippen LogP contribution in [0.3, 0.4) is 0 Å². The first-order chi connectivity index (χ1) is 16.9. The Bertz CT molecular complexity index is 1200. The number of nitrogens with zero attached hydrogens (tertiary/aromatic N) is 2. The molecule has 1 saturated carbocycles. The van der Waals surface area contributed by atoms with Gasteiger partial charge in [-0.1, -0.05) is 6.07 Å². The van der Waals surface area contributed by atoms with Crippen molar-refractivity contribution in [1.82, 2.24) is 4.98 Å². The Morgan fingerprint density at radius 2 is 1.77 bits per heavy atom. The van der Waals surface area contributed by atoms with Gasteiger partial charge < -0.3 is 18.9 Å². The number of hydrogen-bond acceptors (Lipinski definition) is 7. The van der Waals surface area contributed by atoms with Crippen molar-refractivity contribution in [2.24, 2.45) is 5.92 Å². The van der Waals surface area contributed by atoms with Crippen molar-refractivity contribution in [1.29, 1.82) is 0 Å². The van der Waals surface area contributed by atoms with Crippen molar-refractivity contribution in [2.45, 2.75) is 44.5 Å². The number of carbonyl (C=O) groups is 2. The van der Waals surface area contributed by atoms with Crippen LogP contribution in [0.25, 0.3) is 0 Å². The molecule has 4 atom stereocenters. The average molecular weight is 483 g/mol. The molecule has 9 heteroatoms. The van der Waals surface area contributed by atoms with E-state index in [1.54, 1.807) is 24.3 Å². The number of benzene rings is 1. The molecule has 1 aromatic carbocycles. The number of rotatable bonds is 5. The molecule has 5 rings (SSSR count). The molecule has 4 unspecified atom stereocenters. The average Bonchev–Trinajstić information content (AvgIpc) is 3.16. The SMILES string of the molecule is COc1cc(C2C3=C(OC4CCC(F)CC4C3=O)C(=O)N2c2cccc(C)n2)cc(OC)c1OC. The second-order valence-corrected chi connectivity index (χ2v) is 8.95. The number of fused-ring (bicyclic) bond motifs is 1. The van der Waals surface area contributed by atoms with Gasteiger partial charge in [0.2, 0.25) is 5.75 Å². The van der Waals surface area contributed by atoms with Crippen molar-refractivity contribution in [3.05, 3.63) is 52.9 Å². The molecule has 1 aromatic heterocycles. The topological polar surface area (TPSA) is 87.2 Å². The number of aromatic nitrogens is 1. The highest BCUT2D eigenvalue weighted by Crippen LogP contribution is 2.50. The molecule has 3 aliphatic rings. The minimum Gasteiger partial charge on any atom is -0.493 e. The fraction of sp³-hybridized carbons (Fsp3) is 0.423. The first-order valence-electron chi connectivity index (χ1n) is 11.5. The molecule has 0 spiro atoms. The summed E-state index contributed by atoms with van der Waals surface area (Å²) in [5.74, 6) is 0.179. The maximum absolute atomic E-state index is 14.3. The fourth-order valence-corrected chi connectivity index (χ4v) is 5.29. The first kappa shape index (κ1) is 23.1. The molecule has 3 heterocycles. The third-order valence-corrected chi connectivity index (χ3v) is 6.91. The molecular formula is C26H27FN2O6. The number of halogens is 1. The lowest BCUT2D eigenvalue weighted by atomic mass is 9.77. The van der Waals surface area contributed by atoms with Gasteiger partial charge in [0, 0.05) is 5.69 Å². The molecule has 0 saturated heterocycles. The van der Waals surface area contributed by atoms with E-state index in [4.69, 9.17) is 18.9 Å². The van der Waals surface area contributed by atoms with E-state index in [2.05, 4.69) is 4.98 Å². The van der Waals surface area contributed by atoms with Crippen LogP contribution in [0.2, 0.25) is 0 Å². The van der Waals surface area contributed by atoms with E-state index in [0.717, 1.165) is 0 Å². The van der Waals surface area contributed by atoms with Gasteiger partial charge in [-0.15, -0.1) is 0 Å².